The first kappa shape index (κ1) is 25.3. The van der Waals surface area contributed by atoms with Crippen LogP contribution in [-0.2, 0) is 14.8 Å². The van der Waals surface area contributed by atoms with Gasteiger partial charge in [-0.15, -0.1) is 11.3 Å². The molecule has 2 aromatic rings. The number of nitrogens with one attached hydrogen (secondary N) is 1. The average Bonchev–Trinajstić information content (AvgIpc) is 3.35. The summed E-state index contributed by atoms with van der Waals surface area (Å²) in [4.78, 5) is 28.3. The van der Waals surface area contributed by atoms with E-state index in [-0.39, 0.29) is 30.8 Å². The zero-order valence-corrected chi connectivity index (χ0v) is 20.1. The Kier molecular flexibility index (Phi) is 8.24. The van der Waals surface area contributed by atoms with Gasteiger partial charge in [-0.05, 0) is 49.2 Å². The van der Waals surface area contributed by atoms with Crippen molar-refractivity contribution in [3.8, 4) is 0 Å². The molecule has 33 heavy (non-hydrogen) atoms. The summed E-state index contributed by atoms with van der Waals surface area (Å²) in [6.07, 6.45) is 1.95. The van der Waals surface area contributed by atoms with Gasteiger partial charge in [0.25, 0.3) is 5.91 Å². The zero-order chi connectivity index (χ0) is 24.2. The fourth-order valence-electron chi connectivity index (χ4n) is 3.33. The minimum atomic E-state index is -3.91. The molecule has 1 aromatic carbocycles. The van der Waals surface area contributed by atoms with E-state index in [1.54, 1.807) is 19.2 Å². The van der Waals surface area contributed by atoms with Crippen LogP contribution in [0.3, 0.4) is 0 Å². The van der Waals surface area contributed by atoms with Crippen molar-refractivity contribution < 1.29 is 27.5 Å². The van der Waals surface area contributed by atoms with E-state index >= 15 is 0 Å². The molecule has 3 rings (SSSR count). The first-order valence-corrected chi connectivity index (χ1v) is 12.8. The number of sulfonamides is 1. The largest absolute Gasteiger partial charge is 0.396 e. The molecule has 8 nitrogen and oxygen atoms in total. The second kappa shape index (κ2) is 10.7. The second-order valence-corrected chi connectivity index (χ2v) is 10.8. The first-order chi connectivity index (χ1) is 15.6. The van der Waals surface area contributed by atoms with E-state index in [0.717, 1.165) is 16.4 Å². The van der Waals surface area contributed by atoms with Crippen molar-refractivity contribution in [2.45, 2.75) is 18.9 Å². The topological polar surface area (TPSA) is 107 Å². The number of nitrogens with zero attached hydrogens (tertiary/aromatic N) is 2. The van der Waals surface area contributed by atoms with Crippen LogP contribution in [0.25, 0.3) is 6.08 Å². The smallest absolute Gasteiger partial charge is 0.253 e. The third kappa shape index (κ3) is 6.39. The molecule has 1 unspecified atom stereocenters. The predicted octanol–water partition coefficient (Wildman–Crippen LogP) is 2.69. The number of hydrogen-bond donors (Lipinski definition) is 2. The Hall–Kier alpha value is -2.31. The summed E-state index contributed by atoms with van der Waals surface area (Å²) in [6.45, 7) is 0.376. The number of aliphatic hydroxyl groups is 1. The van der Waals surface area contributed by atoms with Gasteiger partial charge in [0.15, 0.2) is 0 Å². The van der Waals surface area contributed by atoms with E-state index in [4.69, 9.17) is 16.7 Å². The lowest BCUT2D eigenvalue weighted by Crippen LogP contribution is -2.41. The predicted molar refractivity (Wildman–Crippen MR) is 126 cm³/mol. The Morgan fingerprint density at radius 3 is 2.79 bits per heavy atom. The summed E-state index contributed by atoms with van der Waals surface area (Å²) >= 11 is 7.04. The molecule has 0 spiro atoms. The lowest BCUT2D eigenvalue weighted by molar-refractivity contribution is -0.118. The van der Waals surface area contributed by atoms with Crippen LogP contribution in [0.4, 0.5) is 10.1 Å². The number of carbonyl (C=O) groups excluding carboxylic acids is 2. The fourth-order valence-corrected chi connectivity index (χ4v) is 5.40. The number of anilines is 1. The van der Waals surface area contributed by atoms with Gasteiger partial charge >= 0.3 is 0 Å². The average molecular weight is 516 g/mol. The molecule has 1 atom stereocenters. The van der Waals surface area contributed by atoms with Crippen LogP contribution in [0.5, 0.6) is 0 Å². The minimum absolute atomic E-state index is 0.0278. The van der Waals surface area contributed by atoms with Gasteiger partial charge in [-0.2, -0.15) is 4.72 Å². The lowest BCUT2D eigenvalue weighted by Gasteiger charge is -2.20. The maximum absolute atomic E-state index is 14.8. The van der Waals surface area contributed by atoms with Crippen molar-refractivity contribution in [1.82, 2.24) is 9.62 Å². The molecule has 0 saturated carbocycles. The SMILES string of the molecule is CN(CCCO)C(=O)c1ccc(N2CCC(NS(=O)(=O)C=Cc3ccc(Cl)s3)C2=O)c(F)c1. The van der Waals surface area contributed by atoms with E-state index in [1.807, 2.05) is 0 Å². The number of amides is 2. The summed E-state index contributed by atoms with van der Waals surface area (Å²) in [5, 5.41) is 9.84. The number of rotatable bonds is 9. The van der Waals surface area contributed by atoms with Gasteiger partial charge < -0.3 is 14.9 Å². The van der Waals surface area contributed by atoms with E-state index in [1.165, 1.54) is 34.4 Å². The standard InChI is InChI=1S/C21H23ClFN3O5S2/c1-25(9-2-11-27)20(28)14-3-5-18(16(23)13-14)26-10-7-17(21(26)29)24-33(30,31)12-8-15-4-6-19(22)32-15/h3-6,8,12-13,17,24,27H,2,7,9-11H2,1H3. The highest BCUT2D eigenvalue weighted by molar-refractivity contribution is 7.92. The molecule has 178 valence electrons. The van der Waals surface area contributed by atoms with Gasteiger partial charge in [-0.3, -0.25) is 9.59 Å². The molecule has 1 aliphatic rings. The molecule has 1 aliphatic heterocycles. The van der Waals surface area contributed by atoms with Crippen LogP contribution in [0.2, 0.25) is 4.34 Å². The number of carbonyl (C=O) groups is 2. The van der Waals surface area contributed by atoms with Crippen molar-refractivity contribution in [1.29, 1.82) is 0 Å². The van der Waals surface area contributed by atoms with Gasteiger partial charge in [0, 0.05) is 42.6 Å². The highest BCUT2D eigenvalue weighted by atomic mass is 35.5. The van der Waals surface area contributed by atoms with Gasteiger partial charge in [0.05, 0.1) is 10.0 Å². The normalized spacial score (nSPS) is 16.7. The summed E-state index contributed by atoms with van der Waals surface area (Å²) < 4.78 is 42.3. The number of aliphatic hydroxyl groups excluding tert-OH is 1. The molecule has 12 heteroatoms. The Balaban J connectivity index is 1.67. The summed E-state index contributed by atoms with van der Waals surface area (Å²) in [5.41, 5.74) is 0.0828. The highest BCUT2D eigenvalue weighted by Crippen LogP contribution is 2.27. The number of thiophene rings is 1. The van der Waals surface area contributed by atoms with Crippen LogP contribution in [0, 0.1) is 5.82 Å². The van der Waals surface area contributed by atoms with Gasteiger partial charge in [0.1, 0.15) is 11.9 Å². The van der Waals surface area contributed by atoms with Gasteiger partial charge in [0.2, 0.25) is 15.9 Å². The molecule has 2 heterocycles. The Labute approximate surface area is 200 Å². The Bertz CT molecular complexity index is 1170. The maximum atomic E-state index is 14.8. The third-order valence-corrected chi connectivity index (χ3v) is 7.31. The van der Waals surface area contributed by atoms with Crippen molar-refractivity contribution >= 4 is 56.5 Å². The Morgan fingerprint density at radius 2 is 2.15 bits per heavy atom. The van der Waals surface area contributed by atoms with E-state index in [0.29, 0.717) is 22.2 Å². The van der Waals surface area contributed by atoms with Crippen molar-refractivity contribution in [3.05, 3.63) is 56.3 Å². The van der Waals surface area contributed by atoms with Crippen molar-refractivity contribution in [2.75, 3.05) is 31.6 Å². The van der Waals surface area contributed by atoms with Crippen molar-refractivity contribution in [3.63, 3.8) is 0 Å². The second-order valence-electron chi connectivity index (χ2n) is 7.41. The van der Waals surface area contributed by atoms with Crippen molar-refractivity contribution in [2.24, 2.45) is 0 Å². The molecule has 1 aromatic heterocycles. The summed E-state index contributed by atoms with van der Waals surface area (Å²) in [5.74, 6) is -1.75. The molecule has 0 radical (unpaired) electrons. The maximum Gasteiger partial charge on any atom is 0.253 e. The zero-order valence-electron chi connectivity index (χ0n) is 17.7. The molecule has 2 N–H and O–H groups in total. The quantitative estimate of drug-likeness (QED) is 0.534. The lowest BCUT2D eigenvalue weighted by atomic mass is 10.1. The monoisotopic (exact) mass is 515 g/mol. The summed E-state index contributed by atoms with van der Waals surface area (Å²) in [7, 11) is -2.37. The molecular weight excluding hydrogens is 493 g/mol. The van der Waals surface area contributed by atoms with E-state index in [9.17, 15) is 22.4 Å². The summed E-state index contributed by atoms with van der Waals surface area (Å²) in [6, 6.07) is 6.07. The molecule has 2 amide bonds. The van der Waals surface area contributed by atoms with E-state index < -0.39 is 33.7 Å². The van der Waals surface area contributed by atoms with Gasteiger partial charge in [-0.25, -0.2) is 12.8 Å². The van der Waals surface area contributed by atoms with Crippen LogP contribution >= 0.6 is 22.9 Å². The highest BCUT2D eigenvalue weighted by Gasteiger charge is 2.36. The van der Waals surface area contributed by atoms with Crippen LogP contribution in [-0.4, -0.2) is 63.0 Å². The van der Waals surface area contributed by atoms with Crippen LogP contribution < -0.4 is 9.62 Å². The number of benzene rings is 1. The van der Waals surface area contributed by atoms with Crippen LogP contribution in [0.15, 0.2) is 35.7 Å². The van der Waals surface area contributed by atoms with Gasteiger partial charge in [-0.1, -0.05) is 11.6 Å². The third-order valence-electron chi connectivity index (χ3n) is 5.00. The fraction of sp³-hybridized carbons (Fsp3) is 0.333. The molecule has 0 aliphatic carbocycles. The number of hydrogen-bond acceptors (Lipinski definition) is 6. The first-order valence-electron chi connectivity index (χ1n) is 10.0. The molecule has 1 saturated heterocycles. The van der Waals surface area contributed by atoms with Crippen LogP contribution in [0.1, 0.15) is 28.1 Å². The van der Waals surface area contributed by atoms with E-state index in [2.05, 4.69) is 4.72 Å². The Morgan fingerprint density at radius 1 is 1.39 bits per heavy atom. The molecule has 0 bridgehead atoms. The molecular formula is C21H23ClFN3O5S2. The minimum Gasteiger partial charge on any atom is -0.396 e. The number of halogens is 2. The molecule has 1 fully saturated rings.